The molecular formula is C35H43FN2O3. The largest absolute Gasteiger partial charge is 0.455 e. The third-order valence-corrected chi connectivity index (χ3v) is 9.98. The van der Waals surface area contributed by atoms with Gasteiger partial charge in [0.25, 0.3) is 5.91 Å². The van der Waals surface area contributed by atoms with Crippen LogP contribution in [-0.4, -0.2) is 25.4 Å². The number of halogens is 1. The van der Waals surface area contributed by atoms with Crippen LogP contribution in [0.1, 0.15) is 112 Å². The number of carbonyl (C=O) groups excluding carboxylic acids is 2. The molecule has 1 aromatic heterocycles. The minimum atomic E-state index is -0.337. The molecule has 2 heterocycles. The minimum Gasteiger partial charge on any atom is -0.455 e. The van der Waals surface area contributed by atoms with Crippen LogP contribution in [-0.2, 0) is 4.79 Å². The molecule has 2 unspecified atom stereocenters. The van der Waals surface area contributed by atoms with Gasteiger partial charge in [-0.25, -0.2) is 4.39 Å². The van der Waals surface area contributed by atoms with Gasteiger partial charge in [0.15, 0.2) is 0 Å². The summed E-state index contributed by atoms with van der Waals surface area (Å²) in [6.45, 7) is 0.712. The zero-order valence-electron chi connectivity index (χ0n) is 24.4. The van der Waals surface area contributed by atoms with Crippen molar-refractivity contribution < 1.29 is 18.4 Å². The minimum absolute atomic E-state index is 0.160. The number of nitrogens with one attached hydrogen (secondary N) is 1. The highest BCUT2D eigenvalue weighted by Gasteiger charge is 2.33. The van der Waals surface area contributed by atoms with E-state index in [0.29, 0.717) is 47.3 Å². The lowest BCUT2D eigenvalue weighted by molar-refractivity contribution is -0.117. The topological polar surface area (TPSA) is 62.6 Å². The number of fused-ring (bicyclic) bond motifs is 1. The van der Waals surface area contributed by atoms with Crippen LogP contribution in [0.15, 0.2) is 40.8 Å². The van der Waals surface area contributed by atoms with E-state index in [-0.39, 0.29) is 17.6 Å². The molecule has 3 aliphatic rings. The van der Waals surface area contributed by atoms with E-state index < -0.39 is 0 Å². The average molecular weight is 559 g/mol. The molecule has 3 aromatic rings. The summed E-state index contributed by atoms with van der Waals surface area (Å²) in [6.07, 6.45) is 16.9. The fourth-order valence-corrected chi connectivity index (χ4v) is 7.84. The van der Waals surface area contributed by atoms with Crippen LogP contribution < -0.4 is 10.2 Å². The first-order valence-corrected chi connectivity index (χ1v) is 15.9. The third-order valence-electron chi connectivity index (χ3n) is 9.98. The molecule has 1 N–H and O–H groups in total. The molecule has 6 rings (SSSR count). The van der Waals surface area contributed by atoms with Crippen molar-refractivity contribution in [2.45, 2.75) is 95.8 Å². The first-order valence-electron chi connectivity index (χ1n) is 15.9. The molecule has 5 nitrogen and oxygen atoms in total. The van der Waals surface area contributed by atoms with Gasteiger partial charge in [0, 0.05) is 37.0 Å². The number of anilines is 1. The number of hydrogen-bond donors (Lipinski definition) is 1. The van der Waals surface area contributed by atoms with Crippen LogP contribution in [0.2, 0.25) is 0 Å². The Bertz CT molecular complexity index is 1390. The second-order valence-electron chi connectivity index (χ2n) is 12.5. The summed E-state index contributed by atoms with van der Waals surface area (Å²) in [5.74, 6) is 1.86. The van der Waals surface area contributed by atoms with Crippen molar-refractivity contribution in [1.29, 1.82) is 0 Å². The summed E-state index contributed by atoms with van der Waals surface area (Å²) in [6, 6.07) is 10.2. The lowest BCUT2D eigenvalue weighted by Crippen LogP contribution is -2.26. The summed E-state index contributed by atoms with van der Waals surface area (Å²) in [5, 5.41) is 3.56. The molecule has 2 saturated carbocycles. The monoisotopic (exact) mass is 558 g/mol. The molecule has 41 heavy (non-hydrogen) atoms. The average Bonchev–Trinajstić information content (AvgIpc) is 3.46. The van der Waals surface area contributed by atoms with Crippen LogP contribution in [0.4, 0.5) is 10.1 Å². The SMILES string of the molecule is CNC(=O)c1c(-c2ccc(F)cc2)oc2cc(N3CCCC3=O)c(C3CCCCC(C4CCCCCCC4)C3)cc12. The lowest BCUT2D eigenvalue weighted by Gasteiger charge is -2.31. The quantitative estimate of drug-likeness (QED) is 0.319. The Balaban J connectivity index is 1.46. The zero-order valence-corrected chi connectivity index (χ0v) is 24.4. The fraction of sp³-hybridized carbons (Fsp3) is 0.543. The van der Waals surface area contributed by atoms with Gasteiger partial charge < -0.3 is 14.6 Å². The van der Waals surface area contributed by atoms with Gasteiger partial charge in [-0.1, -0.05) is 64.2 Å². The maximum absolute atomic E-state index is 13.7. The Morgan fingerprint density at radius 2 is 1.59 bits per heavy atom. The van der Waals surface area contributed by atoms with Crippen molar-refractivity contribution in [3.05, 3.63) is 53.3 Å². The van der Waals surface area contributed by atoms with Gasteiger partial charge in [0.1, 0.15) is 17.2 Å². The van der Waals surface area contributed by atoms with E-state index in [9.17, 15) is 14.0 Å². The number of rotatable bonds is 5. The molecule has 218 valence electrons. The van der Waals surface area contributed by atoms with Crippen molar-refractivity contribution in [2.75, 3.05) is 18.5 Å². The van der Waals surface area contributed by atoms with Crippen molar-refractivity contribution in [3.8, 4) is 11.3 Å². The van der Waals surface area contributed by atoms with Crippen molar-refractivity contribution in [1.82, 2.24) is 5.32 Å². The number of nitrogens with zero attached hydrogens (tertiary/aromatic N) is 1. The Hall–Kier alpha value is -3.15. The third kappa shape index (κ3) is 5.80. The van der Waals surface area contributed by atoms with Crippen LogP contribution in [0.5, 0.6) is 0 Å². The normalized spacial score (nSPS) is 22.9. The summed E-state index contributed by atoms with van der Waals surface area (Å²) >= 11 is 0. The highest BCUT2D eigenvalue weighted by molar-refractivity contribution is 6.12. The molecule has 6 heteroatoms. The Morgan fingerprint density at radius 1 is 0.902 bits per heavy atom. The standard InChI is InChI=1S/C35H43FN2O3/c1-37-35(40)33-29-21-28(26-13-8-7-12-25(20-26)23-10-5-3-2-4-6-11-23)30(38-19-9-14-32(38)39)22-31(29)41-34(33)24-15-17-27(36)18-16-24/h15-18,21-23,25-26H,2-14,19-20H2,1H3,(H,37,40). The van der Waals surface area contributed by atoms with Gasteiger partial charge in [-0.2, -0.15) is 0 Å². The van der Waals surface area contributed by atoms with Gasteiger partial charge in [-0.05, 0) is 72.9 Å². The van der Waals surface area contributed by atoms with Crippen molar-refractivity contribution >= 4 is 28.5 Å². The maximum Gasteiger partial charge on any atom is 0.255 e. The number of furan rings is 1. The van der Waals surface area contributed by atoms with Crippen LogP contribution >= 0.6 is 0 Å². The van der Waals surface area contributed by atoms with E-state index in [2.05, 4.69) is 11.4 Å². The molecule has 1 saturated heterocycles. The smallest absolute Gasteiger partial charge is 0.255 e. The summed E-state index contributed by atoms with van der Waals surface area (Å²) in [7, 11) is 1.62. The lowest BCUT2D eigenvalue weighted by atomic mass is 9.75. The van der Waals surface area contributed by atoms with Gasteiger partial charge in [0.2, 0.25) is 5.91 Å². The predicted octanol–water partition coefficient (Wildman–Crippen LogP) is 8.75. The van der Waals surface area contributed by atoms with Gasteiger partial charge >= 0.3 is 0 Å². The Morgan fingerprint density at radius 3 is 2.29 bits per heavy atom. The van der Waals surface area contributed by atoms with Gasteiger partial charge in [-0.15, -0.1) is 0 Å². The molecule has 0 radical (unpaired) electrons. The fourth-order valence-electron chi connectivity index (χ4n) is 7.84. The summed E-state index contributed by atoms with van der Waals surface area (Å²) in [5.41, 5.74) is 3.85. The molecule has 2 aromatic carbocycles. The highest BCUT2D eigenvalue weighted by atomic mass is 19.1. The van der Waals surface area contributed by atoms with Crippen LogP contribution in [0.3, 0.4) is 0 Å². The van der Waals surface area contributed by atoms with Crippen molar-refractivity contribution in [2.24, 2.45) is 11.8 Å². The molecule has 1 aliphatic heterocycles. The Kier molecular flexibility index (Phi) is 8.45. The van der Waals surface area contributed by atoms with E-state index in [0.717, 1.165) is 36.3 Å². The Labute approximate surface area is 242 Å². The summed E-state index contributed by atoms with van der Waals surface area (Å²) < 4.78 is 20.1. The van der Waals surface area contributed by atoms with Crippen LogP contribution in [0.25, 0.3) is 22.3 Å². The van der Waals surface area contributed by atoms with Gasteiger partial charge in [0.05, 0.1) is 11.3 Å². The molecule has 2 aliphatic carbocycles. The maximum atomic E-state index is 13.7. The van der Waals surface area contributed by atoms with Crippen molar-refractivity contribution in [3.63, 3.8) is 0 Å². The second-order valence-corrected chi connectivity index (χ2v) is 12.5. The highest BCUT2D eigenvalue weighted by Crippen LogP contribution is 2.47. The zero-order chi connectivity index (χ0) is 28.3. The number of hydrogen-bond acceptors (Lipinski definition) is 3. The first-order chi connectivity index (χ1) is 20.0. The van der Waals surface area contributed by atoms with E-state index >= 15 is 0 Å². The van der Waals surface area contributed by atoms with Gasteiger partial charge in [-0.3, -0.25) is 9.59 Å². The molecule has 3 fully saturated rings. The van der Waals surface area contributed by atoms with E-state index in [4.69, 9.17) is 4.42 Å². The van der Waals surface area contributed by atoms with E-state index in [1.54, 1.807) is 19.2 Å². The first kappa shape index (κ1) is 28.0. The molecule has 0 spiro atoms. The second kappa shape index (κ2) is 12.4. The number of amides is 2. The molecular weight excluding hydrogens is 515 g/mol. The molecule has 2 atom stereocenters. The summed E-state index contributed by atoms with van der Waals surface area (Å²) in [4.78, 5) is 28.3. The van der Waals surface area contributed by atoms with E-state index in [1.807, 2.05) is 11.0 Å². The predicted molar refractivity (Wildman–Crippen MR) is 162 cm³/mol. The number of benzene rings is 2. The molecule has 0 bridgehead atoms. The molecule has 2 amide bonds. The van der Waals surface area contributed by atoms with Crippen LogP contribution in [0, 0.1) is 17.7 Å². The number of carbonyl (C=O) groups is 2. The van der Waals surface area contributed by atoms with E-state index in [1.165, 1.54) is 81.9 Å².